The first-order valence-electron chi connectivity index (χ1n) is 7.86. The summed E-state index contributed by atoms with van der Waals surface area (Å²) >= 11 is 13.4. The van der Waals surface area contributed by atoms with Gasteiger partial charge in [0.25, 0.3) is 0 Å². The Labute approximate surface area is 144 Å². The molecule has 4 heteroatoms. The summed E-state index contributed by atoms with van der Waals surface area (Å²) in [6.07, 6.45) is 8.73. The lowest BCUT2D eigenvalue weighted by Gasteiger charge is -2.69. The fraction of sp³-hybridized carbons (Fsp3) is 1.00. The Morgan fingerprint density at radius 1 is 0.700 bits per heavy atom. The quantitative estimate of drug-likeness (QED) is 0.634. The van der Waals surface area contributed by atoms with Crippen molar-refractivity contribution < 1.29 is 0 Å². The molecule has 4 aliphatic carbocycles. The molecule has 4 rings (SSSR count). The molecule has 116 valence electrons. The first-order chi connectivity index (χ1) is 9.36. The molecule has 0 aromatic rings. The summed E-state index contributed by atoms with van der Waals surface area (Å²) in [7, 11) is 0. The highest BCUT2D eigenvalue weighted by atomic mass is 32.2. The molecule has 0 radical (unpaired) electrons. The van der Waals surface area contributed by atoms with E-state index in [1.807, 2.05) is 0 Å². The predicted octanol–water partition coefficient (Wildman–Crippen LogP) is 5.18. The maximum atomic E-state index is 4.45. The van der Waals surface area contributed by atoms with Gasteiger partial charge in [0, 0.05) is 21.0 Å². The Morgan fingerprint density at radius 2 is 1.10 bits per heavy atom. The van der Waals surface area contributed by atoms with E-state index in [2.05, 4.69) is 62.6 Å². The van der Waals surface area contributed by atoms with Crippen molar-refractivity contribution in [2.45, 2.75) is 61.9 Å². The van der Waals surface area contributed by atoms with E-state index in [1.165, 1.54) is 50.0 Å². The van der Waals surface area contributed by atoms with Gasteiger partial charge in [-0.25, -0.2) is 0 Å². The summed E-state index contributed by atoms with van der Waals surface area (Å²) in [5, 5.41) is 0. The van der Waals surface area contributed by atoms with E-state index in [0.29, 0.717) is 20.3 Å². The van der Waals surface area contributed by atoms with Crippen molar-refractivity contribution in [1.82, 2.24) is 0 Å². The molecule has 0 unspecified atom stereocenters. The molecule has 4 saturated carbocycles. The van der Waals surface area contributed by atoms with Crippen molar-refractivity contribution in [2.75, 3.05) is 23.0 Å². The number of rotatable bonds is 6. The van der Waals surface area contributed by atoms with Crippen molar-refractivity contribution in [3.63, 3.8) is 0 Å². The first-order valence-corrected chi connectivity index (χ1v) is 11.1. The van der Waals surface area contributed by atoms with Crippen molar-refractivity contribution >= 4 is 48.8 Å². The second-order valence-electron chi connectivity index (χ2n) is 8.19. The van der Waals surface area contributed by atoms with Gasteiger partial charge in [0.05, 0.1) is 0 Å². The van der Waals surface area contributed by atoms with E-state index < -0.39 is 0 Å². The Morgan fingerprint density at radius 3 is 1.45 bits per heavy atom. The molecule has 0 aromatic carbocycles. The van der Waals surface area contributed by atoms with Crippen molar-refractivity contribution in [3.8, 4) is 0 Å². The number of hydrogen-bond donors (Lipinski definition) is 2. The average Bonchev–Trinajstić information content (AvgIpc) is 2.29. The van der Waals surface area contributed by atoms with Gasteiger partial charge in [-0.3, -0.25) is 0 Å². The summed E-state index contributed by atoms with van der Waals surface area (Å²) in [4.78, 5) is 0. The summed E-state index contributed by atoms with van der Waals surface area (Å²) in [5.41, 5.74) is 1.19. The summed E-state index contributed by atoms with van der Waals surface area (Å²) < 4.78 is 1.12. The molecule has 0 aliphatic heterocycles. The van der Waals surface area contributed by atoms with Crippen molar-refractivity contribution in [2.24, 2.45) is 10.8 Å². The monoisotopic (exact) mass is 348 g/mol. The lowest BCUT2D eigenvalue weighted by Crippen LogP contribution is -2.63. The summed E-state index contributed by atoms with van der Waals surface area (Å²) in [5.74, 6) is 4.50. The Bertz CT molecular complexity index is 333. The first kappa shape index (κ1) is 16.3. The van der Waals surface area contributed by atoms with Crippen LogP contribution in [0, 0.1) is 10.8 Å². The van der Waals surface area contributed by atoms with Crippen LogP contribution in [0.25, 0.3) is 0 Å². The highest BCUT2D eigenvalue weighted by molar-refractivity contribution is 8.02. The lowest BCUT2D eigenvalue weighted by molar-refractivity contribution is -0.0631. The Kier molecular flexibility index (Phi) is 4.46. The molecule has 20 heavy (non-hydrogen) atoms. The van der Waals surface area contributed by atoms with Gasteiger partial charge < -0.3 is 0 Å². The van der Waals surface area contributed by atoms with Crippen LogP contribution < -0.4 is 0 Å². The minimum absolute atomic E-state index is 0.560. The summed E-state index contributed by atoms with van der Waals surface area (Å²) in [6.45, 7) is 5.16. The molecule has 0 spiro atoms. The largest absolute Gasteiger partial charge is 0.179 e. The summed E-state index contributed by atoms with van der Waals surface area (Å²) in [6, 6.07) is 0. The minimum atomic E-state index is 0.560. The third-order valence-electron chi connectivity index (χ3n) is 5.49. The normalized spacial score (nSPS) is 49.8. The molecular formula is C16H28S4. The Balaban J connectivity index is 1.88. The Hall–Kier alpha value is 1.40. The van der Waals surface area contributed by atoms with E-state index in [0.717, 1.165) is 11.5 Å². The maximum absolute atomic E-state index is 4.45. The second-order valence-corrected chi connectivity index (χ2v) is 12.2. The van der Waals surface area contributed by atoms with Crippen LogP contribution >= 0.6 is 48.8 Å². The third-order valence-corrected chi connectivity index (χ3v) is 9.45. The van der Waals surface area contributed by atoms with Gasteiger partial charge in [0.15, 0.2) is 0 Å². The van der Waals surface area contributed by atoms with Crippen LogP contribution in [-0.4, -0.2) is 32.5 Å². The SMILES string of the molecule is CC12CC3(C)CC(SCCS)(C1)CC(SCCS)(C2)C3. The van der Waals surface area contributed by atoms with Crippen LogP contribution in [0.1, 0.15) is 52.4 Å². The van der Waals surface area contributed by atoms with Crippen molar-refractivity contribution in [3.05, 3.63) is 0 Å². The van der Waals surface area contributed by atoms with Crippen LogP contribution in [0.4, 0.5) is 0 Å². The second kappa shape index (κ2) is 5.49. The zero-order chi connectivity index (χ0) is 14.5. The van der Waals surface area contributed by atoms with Crippen LogP contribution in [0.15, 0.2) is 0 Å². The molecule has 4 bridgehead atoms. The molecule has 0 heterocycles. The molecule has 0 saturated heterocycles. The number of thiol groups is 2. The topological polar surface area (TPSA) is 0 Å². The molecule has 0 aromatic heterocycles. The van der Waals surface area contributed by atoms with E-state index in [-0.39, 0.29) is 0 Å². The highest BCUT2D eigenvalue weighted by Gasteiger charge is 2.65. The van der Waals surface area contributed by atoms with E-state index in [4.69, 9.17) is 0 Å². The highest BCUT2D eigenvalue weighted by Crippen LogP contribution is 2.73. The van der Waals surface area contributed by atoms with Gasteiger partial charge in [-0.15, -0.1) is 0 Å². The molecule has 0 N–H and O–H groups in total. The van der Waals surface area contributed by atoms with Crippen LogP contribution in [-0.2, 0) is 0 Å². The fourth-order valence-electron chi connectivity index (χ4n) is 6.31. The van der Waals surface area contributed by atoms with Gasteiger partial charge in [0.1, 0.15) is 0 Å². The fourth-order valence-corrected chi connectivity index (χ4v) is 10.6. The smallest absolute Gasteiger partial charge is 0.0184 e. The van der Waals surface area contributed by atoms with Gasteiger partial charge in [-0.05, 0) is 60.9 Å². The maximum Gasteiger partial charge on any atom is 0.0184 e. The third kappa shape index (κ3) is 2.92. The molecule has 4 fully saturated rings. The van der Waals surface area contributed by atoms with Crippen molar-refractivity contribution in [1.29, 1.82) is 0 Å². The van der Waals surface area contributed by atoms with Crippen LogP contribution in [0.2, 0.25) is 0 Å². The average molecular weight is 349 g/mol. The molecular weight excluding hydrogens is 320 g/mol. The van der Waals surface area contributed by atoms with Gasteiger partial charge in [0.2, 0.25) is 0 Å². The van der Waals surface area contributed by atoms with Gasteiger partial charge >= 0.3 is 0 Å². The molecule has 4 aliphatic rings. The molecule has 0 amide bonds. The standard InChI is InChI=1S/C16H28S4/c1-13-7-14(2)10-15(8-13,19-5-3-17)12-16(9-13,11-14)20-6-4-18/h17-18H,3-12H2,1-2H3. The number of hydrogen-bond acceptors (Lipinski definition) is 4. The molecule has 0 atom stereocenters. The number of thioether (sulfide) groups is 2. The van der Waals surface area contributed by atoms with E-state index >= 15 is 0 Å². The van der Waals surface area contributed by atoms with Gasteiger partial charge in [-0.2, -0.15) is 48.8 Å². The zero-order valence-electron chi connectivity index (χ0n) is 12.8. The van der Waals surface area contributed by atoms with Crippen LogP contribution in [0.3, 0.4) is 0 Å². The van der Waals surface area contributed by atoms with Crippen LogP contribution in [0.5, 0.6) is 0 Å². The van der Waals surface area contributed by atoms with E-state index in [9.17, 15) is 0 Å². The lowest BCUT2D eigenvalue weighted by atomic mass is 9.44. The zero-order valence-corrected chi connectivity index (χ0v) is 16.2. The minimum Gasteiger partial charge on any atom is -0.179 e. The molecule has 0 nitrogen and oxygen atoms in total. The van der Waals surface area contributed by atoms with Gasteiger partial charge in [-0.1, -0.05) is 13.8 Å². The predicted molar refractivity (Wildman–Crippen MR) is 102 cm³/mol. The van der Waals surface area contributed by atoms with E-state index in [1.54, 1.807) is 0 Å².